The van der Waals surface area contributed by atoms with Crippen molar-refractivity contribution in [2.45, 2.75) is 26.9 Å². The number of benzene rings is 2. The Labute approximate surface area is 170 Å². The van der Waals surface area contributed by atoms with E-state index in [-0.39, 0.29) is 5.91 Å². The molecule has 0 saturated heterocycles. The second-order valence-electron chi connectivity index (χ2n) is 6.79. The second-order valence-corrected chi connectivity index (χ2v) is 7.20. The van der Waals surface area contributed by atoms with Crippen LogP contribution in [0.2, 0.25) is 5.02 Å². The number of hydrogen-bond donors (Lipinski definition) is 0. The first-order chi connectivity index (χ1) is 13.4. The molecule has 0 saturated carbocycles. The molecular formula is C22H24ClN3O2. The summed E-state index contributed by atoms with van der Waals surface area (Å²) in [6.07, 6.45) is 0. The summed E-state index contributed by atoms with van der Waals surface area (Å²) >= 11 is 6.29. The molecule has 0 bridgehead atoms. The van der Waals surface area contributed by atoms with Crippen molar-refractivity contribution >= 4 is 17.5 Å². The molecule has 5 nitrogen and oxygen atoms in total. The Morgan fingerprint density at radius 3 is 2.64 bits per heavy atom. The third-order valence-electron chi connectivity index (χ3n) is 4.87. The summed E-state index contributed by atoms with van der Waals surface area (Å²) in [5, 5.41) is 5.38. The van der Waals surface area contributed by atoms with E-state index in [0.29, 0.717) is 24.4 Å². The van der Waals surface area contributed by atoms with E-state index < -0.39 is 0 Å². The first kappa shape index (κ1) is 20.0. The van der Waals surface area contributed by atoms with Crippen molar-refractivity contribution in [1.29, 1.82) is 0 Å². The third kappa shape index (κ3) is 4.20. The van der Waals surface area contributed by atoms with Gasteiger partial charge in [-0.05, 0) is 43.7 Å². The molecule has 0 unspecified atom stereocenters. The summed E-state index contributed by atoms with van der Waals surface area (Å²) in [4.78, 5) is 14.5. The molecule has 6 heteroatoms. The molecule has 0 aliphatic heterocycles. The van der Waals surface area contributed by atoms with Gasteiger partial charge >= 0.3 is 0 Å². The van der Waals surface area contributed by atoms with Gasteiger partial charge in [0.2, 0.25) is 0 Å². The van der Waals surface area contributed by atoms with Crippen molar-refractivity contribution in [1.82, 2.24) is 14.7 Å². The standard InChI is InChI=1S/C22H24ClN3O2/c1-15-20(14-25(3)22(27)17-9-7-10-19(12-17)28-4)16(2)26(24-15)13-18-8-5-6-11-21(18)23/h5-12H,13-14H2,1-4H3. The van der Waals surface area contributed by atoms with Gasteiger partial charge in [-0.25, -0.2) is 0 Å². The van der Waals surface area contributed by atoms with E-state index >= 15 is 0 Å². The maximum absolute atomic E-state index is 12.8. The average Bonchev–Trinajstić information content (AvgIpc) is 2.96. The summed E-state index contributed by atoms with van der Waals surface area (Å²) in [5.74, 6) is 0.607. The van der Waals surface area contributed by atoms with Gasteiger partial charge in [0.25, 0.3) is 5.91 Å². The first-order valence-corrected chi connectivity index (χ1v) is 9.44. The fraction of sp³-hybridized carbons (Fsp3) is 0.273. The van der Waals surface area contributed by atoms with E-state index in [1.54, 1.807) is 31.2 Å². The van der Waals surface area contributed by atoms with Crippen molar-refractivity contribution in [2.75, 3.05) is 14.2 Å². The minimum absolute atomic E-state index is 0.0587. The minimum Gasteiger partial charge on any atom is -0.497 e. The molecule has 3 aromatic rings. The van der Waals surface area contributed by atoms with Crippen LogP contribution in [0.4, 0.5) is 0 Å². The Morgan fingerprint density at radius 2 is 1.93 bits per heavy atom. The number of aromatic nitrogens is 2. The third-order valence-corrected chi connectivity index (χ3v) is 5.24. The van der Waals surface area contributed by atoms with Gasteiger partial charge in [-0.2, -0.15) is 5.10 Å². The fourth-order valence-electron chi connectivity index (χ4n) is 3.19. The molecule has 0 radical (unpaired) electrons. The number of aryl methyl sites for hydroxylation is 1. The van der Waals surface area contributed by atoms with E-state index in [4.69, 9.17) is 16.3 Å². The summed E-state index contributed by atoms with van der Waals surface area (Å²) in [6, 6.07) is 14.9. The van der Waals surface area contributed by atoms with Gasteiger partial charge in [-0.3, -0.25) is 9.48 Å². The normalized spacial score (nSPS) is 10.8. The van der Waals surface area contributed by atoms with Gasteiger partial charge in [0.1, 0.15) is 5.75 Å². The molecule has 3 rings (SSSR count). The maximum atomic E-state index is 12.8. The van der Waals surface area contributed by atoms with Crippen molar-refractivity contribution < 1.29 is 9.53 Å². The first-order valence-electron chi connectivity index (χ1n) is 9.06. The highest BCUT2D eigenvalue weighted by atomic mass is 35.5. The molecule has 0 fully saturated rings. The quantitative estimate of drug-likeness (QED) is 0.616. The molecule has 1 amide bonds. The number of carbonyl (C=O) groups excluding carboxylic acids is 1. The van der Waals surface area contributed by atoms with E-state index in [1.807, 2.05) is 54.9 Å². The molecule has 28 heavy (non-hydrogen) atoms. The molecule has 0 atom stereocenters. The molecule has 1 aromatic heterocycles. The van der Waals surface area contributed by atoms with Crippen LogP contribution >= 0.6 is 11.6 Å². The van der Waals surface area contributed by atoms with Gasteiger partial charge in [-0.1, -0.05) is 35.9 Å². The Balaban J connectivity index is 1.79. The van der Waals surface area contributed by atoms with Crippen molar-refractivity contribution in [2.24, 2.45) is 0 Å². The number of halogens is 1. The number of carbonyl (C=O) groups is 1. The number of nitrogens with zero attached hydrogens (tertiary/aromatic N) is 3. The Bertz CT molecular complexity index is 997. The second kappa shape index (κ2) is 8.48. The maximum Gasteiger partial charge on any atom is 0.254 e. The molecule has 0 aliphatic carbocycles. The van der Waals surface area contributed by atoms with Crippen LogP contribution in [0, 0.1) is 13.8 Å². The zero-order valence-electron chi connectivity index (χ0n) is 16.6. The van der Waals surface area contributed by atoms with Gasteiger partial charge in [-0.15, -0.1) is 0 Å². The number of ether oxygens (including phenoxy) is 1. The van der Waals surface area contributed by atoms with E-state index in [1.165, 1.54) is 0 Å². The Hall–Kier alpha value is -2.79. The fourth-order valence-corrected chi connectivity index (χ4v) is 3.39. The molecule has 0 aliphatic rings. The molecule has 1 heterocycles. The van der Waals surface area contributed by atoms with Crippen LogP contribution < -0.4 is 4.74 Å². The average molecular weight is 398 g/mol. The van der Waals surface area contributed by atoms with Gasteiger partial charge < -0.3 is 9.64 Å². The predicted octanol–water partition coefficient (Wildman–Crippen LogP) is 4.48. The van der Waals surface area contributed by atoms with Crippen molar-refractivity contribution in [3.63, 3.8) is 0 Å². The topological polar surface area (TPSA) is 47.4 Å². The number of hydrogen-bond acceptors (Lipinski definition) is 3. The highest BCUT2D eigenvalue weighted by Gasteiger charge is 2.18. The zero-order chi connectivity index (χ0) is 20.3. The summed E-state index contributed by atoms with van der Waals surface area (Å²) in [7, 11) is 3.39. The van der Waals surface area contributed by atoms with Gasteiger partial charge in [0.05, 0.1) is 19.3 Å². The highest BCUT2D eigenvalue weighted by molar-refractivity contribution is 6.31. The monoisotopic (exact) mass is 397 g/mol. The van der Waals surface area contributed by atoms with Crippen LogP contribution in [0.5, 0.6) is 5.75 Å². The lowest BCUT2D eigenvalue weighted by Crippen LogP contribution is -2.26. The van der Waals surface area contributed by atoms with Crippen LogP contribution in [-0.4, -0.2) is 34.7 Å². The SMILES string of the molecule is COc1cccc(C(=O)N(C)Cc2c(C)nn(Cc3ccccc3Cl)c2C)c1. The van der Waals surface area contributed by atoms with Crippen LogP contribution in [0.3, 0.4) is 0 Å². The lowest BCUT2D eigenvalue weighted by molar-refractivity contribution is 0.0784. The molecule has 0 N–H and O–H groups in total. The van der Waals surface area contributed by atoms with E-state index in [9.17, 15) is 4.79 Å². The van der Waals surface area contributed by atoms with Gasteiger partial charge in [0, 0.05) is 35.4 Å². The van der Waals surface area contributed by atoms with Crippen LogP contribution in [0.25, 0.3) is 0 Å². The smallest absolute Gasteiger partial charge is 0.254 e. The Morgan fingerprint density at radius 1 is 1.18 bits per heavy atom. The van der Waals surface area contributed by atoms with Crippen molar-refractivity contribution in [3.8, 4) is 5.75 Å². The van der Waals surface area contributed by atoms with E-state index in [2.05, 4.69) is 5.10 Å². The number of amides is 1. The molecule has 146 valence electrons. The lowest BCUT2D eigenvalue weighted by Gasteiger charge is -2.18. The molecule has 0 spiro atoms. The van der Waals surface area contributed by atoms with E-state index in [0.717, 1.165) is 27.5 Å². The lowest BCUT2D eigenvalue weighted by atomic mass is 10.1. The Kier molecular flexibility index (Phi) is 6.05. The summed E-state index contributed by atoms with van der Waals surface area (Å²) < 4.78 is 7.16. The van der Waals surface area contributed by atoms with Crippen LogP contribution in [-0.2, 0) is 13.1 Å². The largest absolute Gasteiger partial charge is 0.497 e. The van der Waals surface area contributed by atoms with Crippen molar-refractivity contribution in [3.05, 3.63) is 81.6 Å². The van der Waals surface area contributed by atoms with Crippen LogP contribution in [0.1, 0.15) is 32.9 Å². The van der Waals surface area contributed by atoms with Crippen LogP contribution in [0.15, 0.2) is 48.5 Å². The van der Waals surface area contributed by atoms with Gasteiger partial charge in [0.15, 0.2) is 0 Å². The molecule has 2 aromatic carbocycles. The summed E-state index contributed by atoms with van der Waals surface area (Å²) in [5.41, 5.74) is 4.60. The highest BCUT2D eigenvalue weighted by Crippen LogP contribution is 2.21. The molecular weight excluding hydrogens is 374 g/mol. The predicted molar refractivity (Wildman–Crippen MR) is 111 cm³/mol. The number of methoxy groups -OCH3 is 1. The zero-order valence-corrected chi connectivity index (χ0v) is 17.3. The number of rotatable bonds is 6. The minimum atomic E-state index is -0.0587. The summed E-state index contributed by atoms with van der Waals surface area (Å²) in [6.45, 7) is 5.07.